The molecule has 4 amide bonds. The fraction of sp³-hybridized carbons (Fsp3) is 0.485. The predicted molar refractivity (Wildman–Crippen MR) is 166 cm³/mol. The molecule has 1 aliphatic heterocycles. The second-order valence-corrected chi connectivity index (χ2v) is 11.7. The number of carboxylic acids is 1. The first-order chi connectivity index (χ1) is 21.7. The molecule has 0 spiro atoms. The van der Waals surface area contributed by atoms with Crippen molar-refractivity contribution < 1.29 is 33.8 Å². The Morgan fingerprint density at radius 1 is 1.00 bits per heavy atom. The fourth-order valence-corrected chi connectivity index (χ4v) is 5.92. The largest absolute Gasteiger partial charge is 0.481 e. The summed E-state index contributed by atoms with van der Waals surface area (Å²) in [6, 6.07) is 14.8. The zero-order valence-electron chi connectivity index (χ0n) is 25.4. The number of hydrogen-bond acceptors (Lipinski definition) is 7. The normalized spacial score (nSPS) is 19.6. The quantitative estimate of drug-likeness (QED) is 0.200. The van der Waals surface area contributed by atoms with Gasteiger partial charge in [-0.1, -0.05) is 54.6 Å². The van der Waals surface area contributed by atoms with Crippen molar-refractivity contribution in [2.24, 2.45) is 5.73 Å². The van der Waals surface area contributed by atoms with E-state index in [1.165, 1.54) is 10.5 Å². The highest BCUT2D eigenvalue weighted by Gasteiger charge is 2.41. The van der Waals surface area contributed by atoms with Crippen LogP contribution >= 0.6 is 0 Å². The van der Waals surface area contributed by atoms with Crippen LogP contribution in [0.15, 0.2) is 54.6 Å². The Morgan fingerprint density at radius 3 is 2.53 bits per heavy atom. The minimum atomic E-state index is -1.02. The van der Waals surface area contributed by atoms with Crippen LogP contribution < -0.4 is 21.7 Å². The average Bonchev–Trinajstić information content (AvgIpc) is 3.43. The van der Waals surface area contributed by atoms with E-state index in [2.05, 4.69) is 22.0 Å². The van der Waals surface area contributed by atoms with Crippen molar-refractivity contribution in [3.8, 4) is 0 Å². The van der Waals surface area contributed by atoms with Gasteiger partial charge in [-0.05, 0) is 61.6 Å². The zero-order chi connectivity index (χ0) is 32.2. The van der Waals surface area contributed by atoms with Gasteiger partial charge in [0.15, 0.2) is 0 Å². The number of amides is 4. The van der Waals surface area contributed by atoms with E-state index in [4.69, 9.17) is 15.6 Å². The molecule has 2 aliphatic rings. The second kappa shape index (κ2) is 16.6. The molecule has 1 heterocycles. The number of benzene rings is 2. The molecule has 4 rings (SSSR count). The zero-order valence-corrected chi connectivity index (χ0v) is 25.4. The van der Waals surface area contributed by atoms with Crippen LogP contribution in [0.3, 0.4) is 0 Å². The molecule has 0 radical (unpaired) electrons. The van der Waals surface area contributed by atoms with Crippen LogP contribution in [0, 0.1) is 0 Å². The number of alkyl carbamates (subject to hydrolysis) is 1. The Morgan fingerprint density at radius 2 is 1.76 bits per heavy atom. The molecule has 2 aromatic rings. The second-order valence-electron chi connectivity index (χ2n) is 11.7. The molecule has 12 nitrogen and oxygen atoms in total. The lowest BCUT2D eigenvalue weighted by Crippen LogP contribution is -2.54. The SMILES string of the molecule is N[C@H]1C[C@@H](C(=O)N[C@@H]2CCCc3ccccc32)N(C(=O)[C@H](CCCNC(=O)CCCC(=O)O)NC(=O)OCc2ccccc2)C1. The van der Waals surface area contributed by atoms with Gasteiger partial charge in [0.25, 0.3) is 0 Å². The van der Waals surface area contributed by atoms with E-state index < -0.39 is 36.1 Å². The maximum atomic E-state index is 13.9. The minimum absolute atomic E-state index is 0.0163. The van der Waals surface area contributed by atoms with Crippen molar-refractivity contribution in [2.45, 2.75) is 88.6 Å². The first-order valence-electron chi connectivity index (χ1n) is 15.6. The number of aliphatic carboxylic acids is 1. The maximum absolute atomic E-state index is 13.9. The standard InChI is InChI=1S/C33H43N5O7/c34-24-19-28(31(42)36-26-14-6-12-23-11-4-5-13-25(23)26)38(20-24)32(43)27(15-8-18-35-29(39)16-7-17-30(40)41)37-33(44)45-21-22-9-2-1-3-10-22/h1-5,9-11,13,24,26-28H,6-8,12,14-21,34H2,(H,35,39)(H,36,42)(H,37,44)(H,40,41)/t24-,26+,27-,28-/m0/s1. The summed E-state index contributed by atoms with van der Waals surface area (Å²) < 4.78 is 5.37. The summed E-state index contributed by atoms with van der Waals surface area (Å²) in [5, 5.41) is 17.3. The summed E-state index contributed by atoms with van der Waals surface area (Å²) in [6.07, 6.45) is 2.94. The first-order valence-corrected chi connectivity index (χ1v) is 15.6. The molecule has 2 aromatic carbocycles. The lowest BCUT2D eigenvalue weighted by Gasteiger charge is -2.31. The van der Waals surface area contributed by atoms with Crippen molar-refractivity contribution in [3.63, 3.8) is 0 Å². The number of ether oxygens (including phenoxy) is 1. The van der Waals surface area contributed by atoms with Crippen molar-refractivity contribution in [3.05, 3.63) is 71.3 Å². The van der Waals surface area contributed by atoms with E-state index >= 15 is 0 Å². The third-order valence-electron chi connectivity index (χ3n) is 8.19. The number of carbonyl (C=O) groups excluding carboxylic acids is 4. The Labute approximate surface area is 263 Å². The number of fused-ring (bicyclic) bond motifs is 1. The van der Waals surface area contributed by atoms with Gasteiger partial charge in [-0.15, -0.1) is 0 Å². The molecule has 0 saturated carbocycles. The fourth-order valence-electron chi connectivity index (χ4n) is 5.92. The summed E-state index contributed by atoms with van der Waals surface area (Å²) >= 11 is 0. The van der Waals surface area contributed by atoms with Gasteiger partial charge in [0.2, 0.25) is 17.7 Å². The molecule has 0 aromatic heterocycles. The third-order valence-corrected chi connectivity index (χ3v) is 8.19. The molecule has 4 atom stereocenters. The maximum Gasteiger partial charge on any atom is 0.408 e. The molecule has 1 aliphatic carbocycles. The van der Waals surface area contributed by atoms with Crippen LogP contribution in [0.5, 0.6) is 0 Å². The number of likely N-dealkylation sites (tertiary alicyclic amines) is 1. The predicted octanol–water partition coefficient (Wildman–Crippen LogP) is 2.55. The lowest BCUT2D eigenvalue weighted by molar-refractivity contribution is -0.140. The molecule has 1 saturated heterocycles. The Hall–Kier alpha value is -4.45. The van der Waals surface area contributed by atoms with Gasteiger partial charge in [-0.3, -0.25) is 19.2 Å². The van der Waals surface area contributed by atoms with E-state index in [-0.39, 0.29) is 63.2 Å². The Kier molecular flexibility index (Phi) is 12.3. The van der Waals surface area contributed by atoms with E-state index in [1.54, 1.807) is 0 Å². The number of aryl methyl sites for hydroxylation is 1. The highest BCUT2D eigenvalue weighted by Crippen LogP contribution is 2.30. The first kappa shape index (κ1) is 33.4. The number of rotatable bonds is 14. The third kappa shape index (κ3) is 10.0. The van der Waals surface area contributed by atoms with Gasteiger partial charge < -0.3 is 36.4 Å². The van der Waals surface area contributed by atoms with Crippen LogP contribution in [0.2, 0.25) is 0 Å². The van der Waals surface area contributed by atoms with Gasteiger partial charge in [-0.2, -0.15) is 0 Å². The summed E-state index contributed by atoms with van der Waals surface area (Å²) in [5.41, 5.74) is 9.33. The van der Waals surface area contributed by atoms with Crippen molar-refractivity contribution in [2.75, 3.05) is 13.1 Å². The summed E-state index contributed by atoms with van der Waals surface area (Å²) in [7, 11) is 0. The van der Waals surface area contributed by atoms with Crippen LogP contribution in [0.25, 0.3) is 0 Å². The van der Waals surface area contributed by atoms with Gasteiger partial charge in [0, 0.05) is 32.0 Å². The molecule has 12 heteroatoms. The van der Waals surface area contributed by atoms with Crippen LogP contribution in [-0.4, -0.2) is 71.0 Å². The van der Waals surface area contributed by atoms with Gasteiger partial charge in [-0.25, -0.2) is 4.79 Å². The monoisotopic (exact) mass is 621 g/mol. The van der Waals surface area contributed by atoms with Crippen LogP contribution in [0.4, 0.5) is 4.79 Å². The molecular formula is C33H43N5O7. The number of nitrogens with zero attached hydrogens (tertiary/aromatic N) is 1. The van der Waals surface area contributed by atoms with Gasteiger partial charge in [0.1, 0.15) is 18.7 Å². The molecular weight excluding hydrogens is 578 g/mol. The number of carboxylic acid groups (broad SMARTS) is 1. The number of nitrogens with one attached hydrogen (secondary N) is 3. The van der Waals surface area contributed by atoms with Crippen molar-refractivity contribution >= 4 is 29.8 Å². The average molecular weight is 622 g/mol. The summed E-state index contributed by atoms with van der Waals surface area (Å²) in [6.45, 7) is 0.402. The van der Waals surface area contributed by atoms with Crippen LogP contribution in [-0.2, 0) is 36.9 Å². The van der Waals surface area contributed by atoms with Crippen molar-refractivity contribution in [1.29, 1.82) is 0 Å². The number of carbonyl (C=O) groups is 5. The number of nitrogens with two attached hydrogens (primary N) is 1. The van der Waals surface area contributed by atoms with Gasteiger partial charge in [0.05, 0.1) is 6.04 Å². The van der Waals surface area contributed by atoms with E-state index in [0.29, 0.717) is 12.8 Å². The molecule has 242 valence electrons. The van der Waals surface area contributed by atoms with E-state index in [1.807, 2.05) is 48.5 Å². The van der Waals surface area contributed by atoms with E-state index in [0.717, 1.165) is 30.4 Å². The van der Waals surface area contributed by atoms with Crippen molar-refractivity contribution in [1.82, 2.24) is 20.9 Å². The topological polar surface area (TPSA) is 180 Å². The summed E-state index contributed by atoms with van der Waals surface area (Å²) in [5.74, 6) is -1.99. The highest BCUT2D eigenvalue weighted by molar-refractivity contribution is 5.92. The lowest BCUT2D eigenvalue weighted by atomic mass is 9.87. The summed E-state index contributed by atoms with van der Waals surface area (Å²) in [4.78, 5) is 64.5. The number of hydrogen-bond donors (Lipinski definition) is 5. The Bertz CT molecular complexity index is 1340. The van der Waals surface area contributed by atoms with Crippen LogP contribution in [0.1, 0.15) is 74.1 Å². The Balaban J connectivity index is 1.39. The molecule has 6 N–H and O–H groups in total. The molecule has 0 unspecified atom stereocenters. The molecule has 45 heavy (non-hydrogen) atoms. The molecule has 0 bridgehead atoms. The minimum Gasteiger partial charge on any atom is -0.481 e. The highest BCUT2D eigenvalue weighted by atomic mass is 16.5. The van der Waals surface area contributed by atoms with E-state index in [9.17, 15) is 24.0 Å². The van der Waals surface area contributed by atoms with Gasteiger partial charge >= 0.3 is 12.1 Å². The molecule has 1 fully saturated rings. The smallest absolute Gasteiger partial charge is 0.408 e.